The van der Waals surface area contributed by atoms with Gasteiger partial charge in [0.2, 0.25) is 0 Å². The van der Waals surface area contributed by atoms with E-state index in [1.165, 1.54) is 12.1 Å². The van der Waals surface area contributed by atoms with Gasteiger partial charge in [0.1, 0.15) is 57.2 Å². The summed E-state index contributed by atoms with van der Waals surface area (Å²) in [5.41, 5.74) is -0.0812. The molecule has 10 heteroatoms. The van der Waals surface area contributed by atoms with Crippen molar-refractivity contribution < 1.29 is 38.1 Å². The molecule has 10 nitrogen and oxygen atoms in total. The predicted octanol–water partition coefficient (Wildman–Crippen LogP) is 5.12. The van der Waals surface area contributed by atoms with Crippen molar-refractivity contribution in [1.29, 1.82) is 0 Å². The van der Waals surface area contributed by atoms with E-state index >= 15 is 0 Å². The molecule has 0 bridgehead atoms. The first-order valence-corrected chi connectivity index (χ1v) is 13.9. The molecule has 2 unspecified atom stereocenters. The molecule has 42 heavy (non-hydrogen) atoms. The van der Waals surface area contributed by atoms with E-state index in [1.54, 1.807) is 0 Å². The third-order valence-electron chi connectivity index (χ3n) is 8.96. The Hall–Kier alpha value is -4.86. The van der Waals surface area contributed by atoms with Gasteiger partial charge in [-0.3, -0.25) is 9.59 Å². The number of cyclic esters (lactones) is 2. The molecule has 6 aromatic rings. The van der Waals surface area contributed by atoms with Crippen LogP contribution in [0.2, 0.25) is 0 Å². The Kier molecular flexibility index (Phi) is 4.69. The average molecular weight is 569 g/mol. The Morgan fingerprint density at radius 3 is 1.36 bits per heavy atom. The van der Waals surface area contributed by atoms with E-state index in [4.69, 9.17) is 18.3 Å². The van der Waals surface area contributed by atoms with Gasteiger partial charge in [0.05, 0.1) is 10.8 Å². The molecule has 2 aromatic heterocycles. The highest BCUT2D eigenvalue weighted by molar-refractivity contribution is 6.34. The molecular weight excluding hydrogens is 544 g/mol. The van der Waals surface area contributed by atoms with Crippen molar-refractivity contribution in [2.75, 3.05) is 0 Å². The second-order valence-electron chi connectivity index (χ2n) is 12.0. The molecule has 212 valence electrons. The highest BCUT2D eigenvalue weighted by atomic mass is 16.6. The van der Waals surface area contributed by atoms with Crippen LogP contribution in [0.5, 0.6) is 11.5 Å². The molecule has 2 aliphatic heterocycles. The van der Waals surface area contributed by atoms with Crippen LogP contribution >= 0.6 is 0 Å². The molecule has 0 fully saturated rings. The van der Waals surface area contributed by atoms with E-state index in [1.807, 2.05) is 27.7 Å². The fraction of sp³-hybridized carbons (Fsp3) is 0.312. The van der Waals surface area contributed by atoms with Crippen LogP contribution in [0.3, 0.4) is 0 Å². The minimum absolute atomic E-state index is 0.0404. The second kappa shape index (κ2) is 7.90. The van der Waals surface area contributed by atoms with Gasteiger partial charge in [0, 0.05) is 57.6 Å². The second-order valence-corrected chi connectivity index (χ2v) is 12.0. The van der Waals surface area contributed by atoms with E-state index < -0.39 is 46.5 Å². The third-order valence-corrected chi connectivity index (χ3v) is 8.96. The van der Waals surface area contributed by atoms with Gasteiger partial charge in [0.25, 0.3) is 0 Å². The lowest BCUT2D eigenvalue weighted by atomic mass is 9.85. The Labute approximate surface area is 235 Å². The number of carbonyl (C=O) groups excluding carboxylic acids is 2. The van der Waals surface area contributed by atoms with Crippen molar-refractivity contribution in [1.82, 2.24) is 0 Å². The van der Waals surface area contributed by atoms with Crippen molar-refractivity contribution in [3.8, 4) is 11.5 Å². The van der Waals surface area contributed by atoms with E-state index in [-0.39, 0.29) is 79.7 Å². The monoisotopic (exact) mass is 568 g/mol. The summed E-state index contributed by atoms with van der Waals surface area (Å²) in [6, 6.07) is 2.43. The number of phenolic OH excluding ortho intramolecular Hbond substituents is 2. The molecule has 2 atom stereocenters. The summed E-state index contributed by atoms with van der Waals surface area (Å²) in [7, 11) is 0. The molecule has 2 aliphatic rings. The van der Waals surface area contributed by atoms with Gasteiger partial charge < -0.3 is 28.5 Å². The molecule has 0 radical (unpaired) electrons. The van der Waals surface area contributed by atoms with E-state index in [0.717, 1.165) is 0 Å². The number of hydrogen-bond donors (Lipinski definition) is 2. The number of phenols is 2. The summed E-state index contributed by atoms with van der Waals surface area (Å²) < 4.78 is 23.9. The lowest BCUT2D eigenvalue weighted by Crippen LogP contribution is -2.32. The number of esters is 2. The molecule has 0 amide bonds. The van der Waals surface area contributed by atoms with Crippen molar-refractivity contribution >= 4 is 66.6 Å². The Morgan fingerprint density at radius 1 is 0.619 bits per heavy atom. The number of carbonyl (C=O) groups is 2. The van der Waals surface area contributed by atoms with Crippen LogP contribution < -0.4 is 10.9 Å². The molecule has 2 N–H and O–H groups in total. The zero-order valence-electron chi connectivity index (χ0n) is 23.0. The number of fused-ring (bicyclic) bond motifs is 4. The Bertz CT molecular complexity index is 2160. The number of aromatic hydroxyl groups is 2. The quantitative estimate of drug-likeness (QED) is 0.163. The highest BCUT2D eigenvalue weighted by Crippen LogP contribution is 2.50. The van der Waals surface area contributed by atoms with Crippen LogP contribution in [0.25, 0.3) is 54.6 Å². The maximum Gasteiger partial charge on any atom is 0.342 e. The lowest BCUT2D eigenvalue weighted by molar-refractivity contribution is 0.0125. The summed E-state index contributed by atoms with van der Waals surface area (Å²) in [5.74, 6) is -2.62. The summed E-state index contributed by atoms with van der Waals surface area (Å²) in [6.07, 6.45) is -0.550. The van der Waals surface area contributed by atoms with Gasteiger partial charge in [-0.1, -0.05) is 27.7 Å². The topological polar surface area (TPSA) is 153 Å². The van der Waals surface area contributed by atoms with Crippen LogP contribution in [0.15, 0.2) is 30.6 Å². The maximum absolute atomic E-state index is 13.5. The van der Waals surface area contributed by atoms with Crippen molar-refractivity contribution in [2.45, 2.75) is 52.7 Å². The summed E-state index contributed by atoms with van der Waals surface area (Å²) >= 11 is 0. The number of ether oxygens (including phenoxy) is 2. The smallest absolute Gasteiger partial charge is 0.342 e. The minimum atomic E-state index is -0.762. The molecule has 4 heterocycles. The van der Waals surface area contributed by atoms with Crippen LogP contribution in [0.1, 0.15) is 59.5 Å². The zero-order valence-corrected chi connectivity index (χ0v) is 23.0. The van der Waals surface area contributed by atoms with Crippen molar-refractivity contribution in [2.24, 2.45) is 11.8 Å². The first kappa shape index (κ1) is 24.9. The van der Waals surface area contributed by atoms with Crippen LogP contribution in [0.4, 0.5) is 0 Å². The van der Waals surface area contributed by atoms with Crippen molar-refractivity contribution in [3.63, 3.8) is 0 Å². The van der Waals surface area contributed by atoms with Gasteiger partial charge in [0.15, 0.2) is 10.9 Å². The van der Waals surface area contributed by atoms with Crippen molar-refractivity contribution in [3.05, 3.63) is 54.8 Å². The lowest BCUT2D eigenvalue weighted by Gasteiger charge is -2.30. The number of hydrogen-bond acceptors (Lipinski definition) is 10. The first-order chi connectivity index (χ1) is 20.0. The third kappa shape index (κ3) is 2.89. The largest absolute Gasteiger partial charge is 0.506 e. The summed E-state index contributed by atoms with van der Waals surface area (Å²) in [5, 5.41) is 23.7. The van der Waals surface area contributed by atoms with Crippen LogP contribution in [-0.4, -0.2) is 34.4 Å². The van der Waals surface area contributed by atoms with Gasteiger partial charge >= 0.3 is 11.9 Å². The predicted molar refractivity (Wildman–Crippen MR) is 152 cm³/mol. The summed E-state index contributed by atoms with van der Waals surface area (Å²) in [4.78, 5) is 53.3. The van der Waals surface area contributed by atoms with E-state index in [9.17, 15) is 29.4 Å². The van der Waals surface area contributed by atoms with Crippen LogP contribution in [0, 0.1) is 11.8 Å². The molecule has 8 rings (SSSR count). The van der Waals surface area contributed by atoms with Gasteiger partial charge in [-0.2, -0.15) is 0 Å². The Balaban J connectivity index is 1.62. The Morgan fingerprint density at radius 2 is 1.00 bits per heavy atom. The summed E-state index contributed by atoms with van der Waals surface area (Å²) in [6.45, 7) is 7.62. The number of rotatable bonds is 2. The molecule has 0 spiro atoms. The first-order valence-electron chi connectivity index (χ1n) is 13.9. The fourth-order valence-electron chi connectivity index (χ4n) is 6.81. The van der Waals surface area contributed by atoms with Gasteiger partial charge in [-0.25, -0.2) is 9.59 Å². The van der Waals surface area contributed by atoms with Gasteiger partial charge in [-0.05, 0) is 11.8 Å². The maximum atomic E-state index is 13.5. The fourth-order valence-corrected chi connectivity index (χ4v) is 6.81. The molecule has 0 saturated heterocycles. The van der Waals surface area contributed by atoms with Gasteiger partial charge in [-0.15, -0.1) is 0 Å². The average Bonchev–Trinajstić information content (AvgIpc) is 2.92. The molecular formula is C32H24O10. The molecule has 0 saturated carbocycles. The zero-order chi connectivity index (χ0) is 29.5. The van der Waals surface area contributed by atoms with E-state index in [0.29, 0.717) is 21.9 Å². The SMILES string of the molecule is CC(C)C1Cc2c(c(O)c3c(=O)cc4oc5c6c(c(O)c7c(=O)cc8oc2c3c4c8c57)C(=O)OC(C(C)C)C6)C(=O)O1. The highest BCUT2D eigenvalue weighted by Gasteiger charge is 2.39. The van der Waals surface area contributed by atoms with E-state index in [2.05, 4.69) is 0 Å². The molecule has 4 aromatic carbocycles. The standard InChI is InChI=1S/C32H24O10/c1-9(2)15-5-11-19(31(37)41-15)27(35)21-13(33)8-18-23-24-17(39-29(11)25(21)23)7-14(34)22-26(24)30(40-18)12-6-16(10(3)4)42-32(38)20(12)28(22)36/h7-10,15-16,35-36H,5-6H2,1-4H3. The molecule has 0 aliphatic carbocycles. The van der Waals surface area contributed by atoms with Crippen LogP contribution in [-0.2, 0) is 22.3 Å². The minimum Gasteiger partial charge on any atom is -0.506 e. The normalized spacial score (nSPS) is 19.1. The number of benzene rings is 4.